The molecule has 0 aliphatic carbocycles. The van der Waals surface area contributed by atoms with Crippen LogP contribution in [-0.2, 0) is 13.0 Å². The van der Waals surface area contributed by atoms with E-state index in [1.165, 1.54) is 5.56 Å². The maximum Gasteiger partial charge on any atom is 0.317 e. The number of carbonyl (C=O) groups is 1. The van der Waals surface area contributed by atoms with Crippen LogP contribution in [0, 0.1) is 0 Å². The molecule has 1 fully saturated rings. The molecule has 26 heavy (non-hydrogen) atoms. The Morgan fingerprint density at radius 1 is 1.15 bits per heavy atom. The van der Waals surface area contributed by atoms with Crippen molar-refractivity contribution in [2.24, 2.45) is 0 Å². The molecule has 0 saturated carbocycles. The van der Waals surface area contributed by atoms with E-state index in [1.54, 1.807) is 13.3 Å². The van der Waals surface area contributed by atoms with Crippen LogP contribution in [0.3, 0.4) is 0 Å². The predicted octanol–water partition coefficient (Wildman–Crippen LogP) is 1.46. The quantitative estimate of drug-likeness (QED) is 0.815. The van der Waals surface area contributed by atoms with Crippen molar-refractivity contribution < 1.29 is 9.53 Å². The number of urea groups is 1. The van der Waals surface area contributed by atoms with Crippen molar-refractivity contribution >= 4 is 6.03 Å². The van der Waals surface area contributed by atoms with Crippen LogP contribution in [0.1, 0.15) is 5.56 Å². The highest BCUT2D eigenvalue weighted by Crippen LogP contribution is 2.11. The second-order valence-electron chi connectivity index (χ2n) is 6.46. The number of methoxy groups -OCH3 is 1. The Morgan fingerprint density at radius 3 is 2.58 bits per heavy atom. The van der Waals surface area contributed by atoms with E-state index in [1.807, 2.05) is 41.7 Å². The Morgan fingerprint density at radius 2 is 1.92 bits per heavy atom. The lowest BCUT2D eigenvalue weighted by molar-refractivity contribution is 0.137. The fraction of sp³-hybridized carbons (Fsp3) is 0.474. The smallest absolute Gasteiger partial charge is 0.317 e. The van der Waals surface area contributed by atoms with Crippen LogP contribution in [-0.4, -0.2) is 71.8 Å². The SMILES string of the molecule is COc1ccc(CCNC(=O)N2CCN(CCn3ccnc3)CC2)cc1. The van der Waals surface area contributed by atoms with E-state index in [0.29, 0.717) is 6.54 Å². The van der Waals surface area contributed by atoms with Gasteiger partial charge in [-0.2, -0.15) is 0 Å². The molecule has 0 bridgehead atoms. The number of nitrogens with zero attached hydrogens (tertiary/aromatic N) is 4. The standard InChI is InChI=1S/C19H27N5O2/c1-26-18-4-2-17(3-5-18)6-7-21-19(25)24-14-12-22(13-15-24)10-11-23-9-8-20-16-23/h2-5,8-9,16H,6-7,10-15H2,1H3,(H,21,25). The highest BCUT2D eigenvalue weighted by Gasteiger charge is 2.20. The summed E-state index contributed by atoms with van der Waals surface area (Å²) in [5.41, 5.74) is 1.19. The van der Waals surface area contributed by atoms with Crippen molar-refractivity contribution in [3.05, 3.63) is 48.5 Å². The van der Waals surface area contributed by atoms with E-state index < -0.39 is 0 Å². The number of hydrogen-bond donors (Lipinski definition) is 1. The predicted molar refractivity (Wildman–Crippen MR) is 100 cm³/mol. The second-order valence-corrected chi connectivity index (χ2v) is 6.46. The van der Waals surface area contributed by atoms with Crippen molar-refractivity contribution in [2.75, 3.05) is 46.4 Å². The molecule has 7 nitrogen and oxygen atoms in total. The van der Waals surface area contributed by atoms with Gasteiger partial charge in [0.05, 0.1) is 13.4 Å². The van der Waals surface area contributed by atoms with Crippen LogP contribution in [0.15, 0.2) is 43.0 Å². The lowest BCUT2D eigenvalue weighted by Gasteiger charge is -2.34. The van der Waals surface area contributed by atoms with E-state index in [9.17, 15) is 4.79 Å². The molecule has 1 aliphatic rings. The first-order chi connectivity index (χ1) is 12.7. The summed E-state index contributed by atoms with van der Waals surface area (Å²) in [6.07, 6.45) is 6.44. The first-order valence-electron chi connectivity index (χ1n) is 9.08. The Kier molecular flexibility index (Phi) is 6.49. The van der Waals surface area contributed by atoms with Gasteiger partial charge in [0.25, 0.3) is 0 Å². The highest BCUT2D eigenvalue weighted by molar-refractivity contribution is 5.74. The van der Waals surface area contributed by atoms with Crippen LogP contribution in [0.5, 0.6) is 5.75 Å². The number of piperazine rings is 1. The first-order valence-corrected chi connectivity index (χ1v) is 9.08. The monoisotopic (exact) mass is 357 g/mol. The van der Waals surface area contributed by atoms with E-state index in [0.717, 1.165) is 51.4 Å². The van der Waals surface area contributed by atoms with Gasteiger partial charge >= 0.3 is 6.03 Å². The minimum absolute atomic E-state index is 0.0350. The van der Waals surface area contributed by atoms with Gasteiger partial charge in [-0.25, -0.2) is 9.78 Å². The topological polar surface area (TPSA) is 62.6 Å². The van der Waals surface area contributed by atoms with Gasteiger partial charge in [0, 0.05) is 58.2 Å². The van der Waals surface area contributed by atoms with Gasteiger partial charge in [-0.1, -0.05) is 12.1 Å². The minimum atomic E-state index is 0.0350. The summed E-state index contributed by atoms with van der Waals surface area (Å²) in [5.74, 6) is 0.851. The molecule has 3 rings (SSSR count). The first kappa shape index (κ1) is 18.3. The van der Waals surface area contributed by atoms with Crippen molar-refractivity contribution in [2.45, 2.75) is 13.0 Å². The third kappa shape index (κ3) is 5.23. The largest absolute Gasteiger partial charge is 0.497 e. The zero-order valence-electron chi connectivity index (χ0n) is 15.3. The molecule has 0 atom stereocenters. The van der Waals surface area contributed by atoms with Gasteiger partial charge in [-0.05, 0) is 24.1 Å². The third-order valence-corrected chi connectivity index (χ3v) is 4.74. The lowest BCUT2D eigenvalue weighted by atomic mass is 10.1. The fourth-order valence-electron chi connectivity index (χ4n) is 3.07. The summed E-state index contributed by atoms with van der Waals surface area (Å²) in [7, 11) is 1.66. The molecule has 1 saturated heterocycles. The van der Waals surface area contributed by atoms with Crippen molar-refractivity contribution in [1.82, 2.24) is 24.7 Å². The van der Waals surface area contributed by atoms with Crippen LogP contribution in [0.25, 0.3) is 0 Å². The number of hydrogen-bond acceptors (Lipinski definition) is 4. The lowest BCUT2D eigenvalue weighted by Crippen LogP contribution is -2.52. The summed E-state index contributed by atoms with van der Waals surface area (Å²) in [4.78, 5) is 20.7. The highest BCUT2D eigenvalue weighted by atomic mass is 16.5. The molecule has 2 heterocycles. The number of aromatic nitrogens is 2. The number of amides is 2. The maximum absolute atomic E-state index is 12.3. The van der Waals surface area contributed by atoms with Crippen LogP contribution < -0.4 is 10.1 Å². The number of ether oxygens (including phenoxy) is 1. The number of imidazole rings is 1. The van der Waals surface area contributed by atoms with Crippen LogP contribution >= 0.6 is 0 Å². The molecule has 0 unspecified atom stereocenters. The fourth-order valence-corrected chi connectivity index (χ4v) is 3.07. The second kappa shape index (κ2) is 9.24. The Bertz CT molecular complexity index is 664. The number of nitrogens with one attached hydrogen (secondary N) is 1. The molecule has 1 aromatic heterocycles. The molecule has 140 valence electrons. The number of carbonyl (C=O) groups excluding carboxylic acids is 1. The average Bonchev–Trinajstić information content (AvgIpc) is 3.21. The molecular weight excluding hydrogens is 330 g/mol. The molecule has 2 aromatic rings. The Hall–Kier alpha value is -2.54. The minimum Gasteiger partial charge on any atom is -0.497 e. The van der Waals surface area contributed by atoms with E-state index in [2.05, 4.69) is 19.8 Å². The summed E-state index contributed by atoms with van der Waals surface area (Å²) < 4.78 is 7.23. The molecule has 0 spiro atoms. The Balaban J connectivity index is 1.32. The molecule has 1 aliphatic heterocycles. The molecule has 2 amide bonds. The van der Waals surface area contributed by atoms with Gasteiger partial charge in [0.15, 0.2) is 0 Å². The number of rotatable bonds is 7. The molecular formula is C19H27N5O2. The molecule has 1 aromatic carbocycles. The molecule has 0 radical (unpaired) electrons. The average molecular weight is 357 g/mol. The van der Waals surface area contributed by atoms with E-state index in [4.69, 9.17) is 4.74 Å². The third-order valence-electron chi connectivity index (χ3n) is 4.74. The van der Waals surface area contributed by atoms with Crippen LogP contribution in [0.4, 0.5) is 4.79 Å². The van der Waals surface area contributed by atoms with E-state index >= 15 is 0 Å². The normalized spacial score (nSPS) is 15.0. The molecule has 1 N–H and O–H groups in total. The summed E-state index contributed by atoms with van der Waals surface area (Å²) >= 11 is 0. The van der Waals surface area contributed by atoms with Gasteiger partial charge in [-0.15, -0.1) is 0 Å². The van der Waals surface area contributed by atoms with Crippen molar-refractivity contribution in [3.8, 4) is 5.75 Å². The van der Waals surface area contributed by atoms with Gasteiger partial charge in [0.1, 0.15) is 5.75 Å². The summed E-state index contributed by atoms with van der Waals surface area (Å²) in [6, 6.07) is 7.99. The zero-order valence-corrected chi connectivity index (χ0v) is 15.3. The summed E-state index contributed by atoms with van der Waals surface area (Å²) in [5, 5.41) is 3.02. The van der Waals surface area contributed by atoms with Crippen molar-refractivity contribution in [1.29, 1.82) is 0 Å². The zero-order chi connectivity index (χ0) is 18.2. The van der Waals surface area contributed by atoms with Gasteiger partial charge in [-0.3, -0.25) is 4.90 Å². The molecule has 7 heteroatoms. The summed E-state index contributed by atoms with van der Waals surface area (Å²) in [6.45, 7) is 5.96. The Labute approximate surface area is 154 Å². The number of benzene rings is 1. The van der Waals surface area contributed by atoms with E-state index in [-0.39, 0.29) is 6.03 Å². The van der Waals surface area contributed by atoms with Gasteiger partial charge in [0.2, 0.25) is 0 Å². The van der Waals surface area contributed by atoms with Crippen LogP contribution in [0.2, 0.25) is 0 Å². The van der Waals surface area contributed by atoms with Crippen molar-refractivity contribution in [3.63, 3.8) is 0 Å². The maximum atomic E-state index is 12.3. The van der Waals surface area contributed by atoms with Gasteiger partial charge < -0.3 is 19.5 Å².